The summed E-state index contributed by atoms with van der Waals surface area (Å²) in [5.41, 5.74) is 1.65. The Kier molecular flexibility index (Phi) is 10.2. The summed E-state index contributed by atoms with van der Waals surface area (Å²) >= 11 is 6.37. The second-order valence-corrected chi connectivity index (χ2v) is 13.3. The lowest BCUT2D eigenvalue weighted by atomic mass is 10.1. The van der Waals surface area contributed by atoms with Gasteiger partial charge < -0.3 is 10.2 Å². The number of amides is 2. The Balaban J connectivity index is 2.11. The molecule has 41 heavy (non-hydrogen) atoms. The Bertz CT molecular complexity index is 1490. The van der Waals surface area contributed by atoms with E-state index >= 15 is 0 Å². The fourth-order valence-corrected chi connectivity index (χ4v) is 6.02. The van der Waals surface area contributed by atoms with Crippen LogP contribution < -0.4 is 9.62 Å². The molecule has 0 fully saturated rings. The van der Waals surface area contributed by atoms with Gasteiger partial charge in [0.25, 0.3) is 10.0 Å². The molecule has 1 unspecified atom stereocenters. The highest BCUT2D eigenvalue weighted by atomic mass is 35.5. The van der Waals surface area contributed by atoms with Crippen LogP contribution in [0.4, 0.5) is 10.1 Å². The number of hydrogen-bond acceptors (Lipinski definition) is 4. The van der Waals surface area contributed by atoms with Gasteiger partial charge in [-0.05, 0) is 88.6 Å². The van der Waals surface area contributed by atoms with Gasteiger partial charge in [-0.15, -0.1) is 0 Å². The van der Waals surface area contributed by atoms with Crippen LogP contribution in [0.5, 0.6) is 0 Å². The number of aryl methyl sites for hydroxylation is 1. The molecule has 0 aliphatic carbocycles. The van der Waals surface area contributed by atoms with E-state index < -0.39 is 39.9 Å². The molecule has 1 atom stereocenters. The van der Waals surface area contributed by atoms with E-state index in [-0.39, 0.29) is 29.5 Å². The van der Waals surface area contributed by atoms with Gasteiger partial charge in [0.15, 0.2) is 0 Å². The molecule has 0 aromatic heterocycles. The SMILES string of the molecule is CCC(C(=O)NC(C)(C)C)N(Cc1ccc(F)cc1)C(=O)CN(c1cccc(Cl)c1C)S(=O)(=O)c1ccc(C)cc1. The van der Waals surface area contributed by atoms with Crippen LogP contribution in [-0.4, -0.2) is 43.3 Å². The molecule has 0 aliphatic rings. The molecule has 10 heteroatoms. The van der Waals surface area contributed by atoms with E-state index in [1.165, 1.54) is 41.3 Å². The highest BCUT2D eigenvalue weighted by Gasteiger charge is 2.35. The lowest BCUT2D eigenvalue weighted by Gasteiger charge is -2.35. The number of benzene rings is 3. The van der Waals surface area contributed by atoms with Crippen molar-refractivity contribution in [3.8, 4) is 0 Å². The summed E-state index contributed by atoms with van der Waals surface area (Å²) in [6.07, 6.45) is 0.274. The Labute approximate surface area is 247 Å². The van der Waals surface area contributed by atoms with Crippen LogP contribution in [0, 0.1) is 19.7 Å². The van der Waals surface area contributed by atoms with E-state index in [1.807, 2.05) is 27.7 Å². The zero-order valence-electron chi connectivity index (χ0n) is 24.2. The van der Waals surface area contributed by atoms with Crippen LogP contribution in [-0.2, 0) is 26.2 Å². The number of halogens is 2. The first-order chi connectivity index (χ1) is 19.1. The maximum Gasteiger partial charge on any atom is 0.264 e. The van der Waals surface area contributed by atoms with E-state index in [1.54, 1.807) is 44.2 Å². The van der Waals surface area contributed by atoms with Crippen LogP contribution in [0.15, 0.2) is 71.6 Å². The van der Waals surface area contributed by atoms with E-state index in [2.05, 4.69) is 5.32 Å². The molecular weight excluding hydrogens is 565 g/mol. The molecule has 0 saturated heterocycles. The maximum atomic E-state index is 14.1. The second-order valence-electron chi connectivity index (χ2n) is 11.0. The lowest BCUT2D eigenvalue weighted by molar-refractivity contribution is -0.141. The third-order valence-electron chi connectivity index (χ3n) is 6.55. The average Bonchev–Trinajstić information content (AvgIpc) is 2.89. The minimum atomic E-state index is -4.22. The van der Waals surface area contributed by atoms with Gasteiger partial charge >= 0.3 is 0 Å². The molecule has 3 aromatic rings. The topological polar surface area (TPSA) is 86.8 Å². The number of nitrogens with zero attached hydrogens (tertiary/aromatic N) is 2. The van der Waals surface area contributed by atoms with Crippen molar-refractivity contribution in [3.63, 3.8) is 0 Å². The summed E-state index contributed by atoms with van der Waals surface area (Å²) < 4.78 is 42.7. The number of carbonyl (C=O) groups excluding carboxylic acids is 2. The summed E-state index contributed by atoms with van der Waals surface area (Å²) in [7, 11) is -4.22. The smallest absolute Gasteiger partial charge is 0.264 e. The highest BCUT2D eigenvalue weighted by Crippen LogP contribution is 2.31. The Morgan fingerprint density at radius 3 is 2.15 bits per heavy atom. The summed E-state index contributed by atoms with van der Waals surface area (Å²) in [6, 6.07) is 15.9. The molecule has 0 saturated carbocycles. The van der Waals surface area contributed by atoms with Crippen LogP contribution in [0.3, 0.4) is 0 Å². The quantitative estimate of drug-likeness (QED) is 0.308. The molecule has 0 heterocycles. The maximum absolute atomic E-state index is 14.1. The number of anilines is 1. The number of carbonyl (C=O) groups is 2. The van der Waals surface area contributed by atoms with Crippen molar-refractivity contribution >= 4 is 39.1 Å². The van der Waals surface area contributed by atoms with Crippen molar-refractivity contribution in [2.45, 2.75) is 71.0 Å². The first-order valence-electron chi connectivity index (χ1n) is 13.3. The molecule has 2 amide bonds. The summed E-state index contributed by atoms with van der Waals surface area (Å²) in [4.78, 5) is 28.9. The van der Waals surface area contributed by atoms with Crippen LogP contribution in [0.1, 0.15) is 50.8 Å². The van der Waals surface area contributed by atoms with Crippen LogP contribution >= 0.6 is 11.6 Å². The van der Waals surface area contributed by atoms with Gasteiger partial charge in [0.2, 0.25) is 11.8 Å². The van der Waals surface area contributed by atoms with Crippen LogP contribution in [0.2, 0.25) is 5.02 Å². The van der Waals surface area contributed by atoms with Gasteiger partial charge in [0.05, 0.1) is 10.6 Å². The standard InChI is InChI=1S/C31H37ClFN3O4S/c1-7-27(30(38)34-31(4,5)6)35(19-23-13-15-24(33)16-14-23)29(37)20-36(28-10-8-9-26(32)22(28)3)41(39,40)25-17-11-21(2)12-18-25/h8-18,27H,7,19-20H2,1-6H3,(H,34,38). The predicted molar refractivity (Wildman–Crippen MR) is 161 cm³/mol. The lowest BCUT2D eigenvalue weighted by Crippen LogP contribution is -2.55. The summed E-state index contributed by atoms with van der Waals surface area (Å²) in [5, 5.41) is 3.27. The molecule has 3 aromatic carbocycles. The Morgan fingerprint density at radius 1 is 0.976 bits per heavy atom. The first-order valence-corrected chi connectivity index (χ1v) is 15.2. The number of nitrogens with one attached hydrogen (secondary N) is 1. The second kappa shape index (κ2) is 13.0. The molecule has 0 bridgehead atoms. The van der Waals surface area contributed by atoms with Gasteiger partial charge in [0.1, 0.15) is 18.4 Å². The first kappa shape index (κ1) is 32.1. The normalized spacial score (nSPS) is 12.5. The third kappa shape index (κ3) is 8.07. The summed E-state index contributed by atoms with van der Waals surface area (Å²) in [6.45, 7) is 10.2. The summed E-state index contributed by atoms with van der Waals surface area (Å²) in [5.74, 6) is -1.40. The predicted octanol–water partition coefficient (Wildman–Crippen LogP) is 6.01. The fourth-order valence-electron chi connectivity index (χ4n) is 4.38. The molecule has 0 spiro atoms. The third-order valence-corrected chi connectivity index (χ3v) is 8.73. The van der Waals surface area contributed by atoms with Crippen molar-refractivity contribution in [1.29, 1.82) is 0 Å². The monoisotopic (exact) mass is 601 g/mol. The molecule has 1 N–H and O–H groups in total. The van der Waals surface area contributed by atoms with Crippen LogP contribution in [0.25, 0.3) is 0 Å². The van der Waals surface area contributed by atoms with Gasteiger partial charge in [-0.25, -0.2) is 12.8 Å². The number of hydrogen-bond donors (Lipinski definition) is 1. The minimum Gasteiger partial charge on any atom is -0.350 e. The minimum absolute atomic E-state index is 0.0119. The molecular formula is C31H37ClFN3O4S. The van der Waals surface area contributed by atoms with Crippen molar-refractivity contribution in [1.82, 2.24) is 10.2 Å². The average molecular weight is 602 g/mol. The fraction of sp³-hybridized carbons (Fsp3) is 0.355. The van der Waals surface area contributed by atoms with Gasteiger partial charge in [-0.2, -0.15) is 0 Å². The zero-order chi connectivity index (χ0) is 30.5. The van der Waals surface area contributed by atoms with Gasteiger partial charge in [-0.3, -0.25) is 13.9 Å². The molecule has 7 nitrogen and oxygen atoms in total. The van der Waals surface area contributed by atoms with Gasteiger partial charge in [0, 0.05) is 17.1 Å². The van der Waals surface area contributed by atoms with Crippen molar-refractivity contribution in [2.24, 2.45) is 0 Å². The molecule has 0 radical (unpaired) electrons. The molecule has 3 rings (SSSR count). The Morgan fingerprint density at radius 2 is 1.59 bits per heavy atom. The zero-order valence-corrected chi connectivity index (χ0v) is 25.8. The Hall–Kier alpha value is -3.43. The van der Waals surface area contributed by atoms with Crippen molar-refractivity contribution < 1.29 is 22.4 Å². The van der Waals surface area contributed by atoms with E-state index in [4.69, 9.17) is 11.6 Å². The highest BCUT2D eigenvalue weighted by molar-refractivity contribution is 7.92. The molecule has 0 aliphatic heterocycles. The largest absolute Gasteiger partial charge is 0.350 e. The molecule has 220 valence electrons. The van der Waals surface area contributed by atoms with E-state index in [0.717, 1.165) is 9.87 Å². The number of rotatable bonds is 10. The van der Waals surface area contributed by atoms with E-state index in [0.29, 0.717) is 16.1 Å². The van der Waals surface area contributed by atoms with Crippen molar-refractivity contribution in [2.75, 3.05) is 10.8 Å². The number of sulfonamides is 1. The van der Waals surface area contributed by atoms with Crippen molar-refractivity contribution in [3.05, 3.63) is 94.3 Å². The van der Waals surface area contributed by atoms with E-state index in [9.17, 15) is 22.4 Å². The van der Waals surface area contributed by atoms with Gasteiger partial charge in [-0.1, -0.05) is 54.4 Å².